The van der Waals surface area contributed by atoms with Gasteiger partial charge in [-0.1, -0.05) is 13.8 Å². The minimum atomic E-state index is -0.347. The molecule has 1 heterocycles. The quantitative estimate of drug-likeness (QED) is 0.911. The summed E-state index contributed by atoms with van der Waals surface area (Å²) >= 11 is 0. The fourth-order valence-electron chi connectivity index (χ4n) is 2.04. The van der Waals surface area contributed by atoms with Gasteiger partial charge in [0.25, 0.3) is 5.91 Å². The van der Waals surface area contributed by atoms with Crippen LogP contribution in [-0.4, -0.2) is 37.6 Å². The van der Waals surface area contributed by atoms with Gasteiger partial charge in [-0.15, -0.1) is 0 Å². The maximum atomic E-state index is 12.9. The Morgan fingerprint density at radius 1 is 1.43 bits per heavy atom. The van der Waals surface area contributed by atoms with Crippen LogP contribution in [0.3, 0.4) is 0 Å². The van der Waals surface area contributed by atoms with E-state index in [2.05, 4.69) is 5.32 Å². The molecular weight excluding hydrogens is 275 g/mol. The summed E-state index contributed by atoms with van der Waals surface area (Å²) in [5, 5.41) is 2.79. The summed E-state index contributed by atoms with van der Waals surface area (Å²) in [4.78, 5) is 25.0. The van der Waals surface area contributed by atoms with Crippen LogP contribution in [0.5, 0.6) is 0 Å². The van der Waals surface area contributed by atoms with Crippen LogP contribution in [0.4, 0.5) is 10.1 Å². The molecule has 2 rings (SSSR count). The van der Waals surface area contributed by atoms with Gasteiger partial charge < -0.3 is 15.0 Å². The monoisotopic (exact) mass is 294 g/mol. The predicted molar refractivity (Wildman–Crippen MR) is 76.3 cm³/mol. The number of hydrogen-bond donors (Lipinski definition) is 1. The first-order chi connectivity index (χ1) is 9.97. The van der Waals surface area contributed by atoms with Gasteiger partial charge in [0.1, 0.15) is 12.4 Å². The molecule has 1 saturated heterocycles. The first-order valence-electron chi connectivity index (χ1n) is 6.92. The molecular formula is C15H19FN2O3. The molecule has 1 aromatic carbocycles. The molecule has 0 aliphatic carbocycles. The Kier molecular flexibility index (Phi) is 4.90. The van der Waals surface area contributed by atoms with Crippen LogP contribution in [0.1, 0.15) is 13.8 Å². The van der Waals surface area contributed by atoms with E-state index in [1.165, 1.54) is 12.1 Å². The van der Waals surface area contributed by atoms with Gasteiger partial charge in [-0.25, -0.2) is 4.39 Å². The summed E-state index contributed by atoms with van der Waals surface area (Å²) in [6.45, 7) is 4.27. The van der Waals surface area contributed by atoms with Gasteiger partial charge in [-0.3, -0.25) is 9.59 Å². The average Bonchev–Trinajstić information content (AvgIpc) is 2.47. The Labute approximate surface area is 123 Å². The van der Waals surface area contributed by atoms with Crippen LogP contribution in [0.15, 0.2) is 24.3 Å². The third-order valence-corrected chi connectivity index (χ3v) is 3.30. The highest BCUT2D eigenvalue weighted by molar-refractivity contribution is 5.95. The van der Waals surface area contributed by atoms with E-state index in [1.807, 2.05) is 13.8 Å². The zero-order valence-corrected chi connectivity index (χ0v) is 12.1. The fourth-order valence-corrected chi connectivity index (χ4v) is 2.04. The van der Waals surface area contributed by atoms with Crippen molar-refractivity contribution >= 4 is 17.5 Å². The highest BCUT2D eigenvalue weighted by atomic mass is 19.1. The lowest BCUT2D eigenvalue weighted by atomic mass is 10.2. The molecule has 0 aromatic heterocycles. The van der Waals surface area contributed by atoms with Gasteiger partial charge in [-0.2, -0.15) is 0 Å². The lowest BCUT2D eigenvalue weighted by Crippen LogP contribution is -2.51. The summed E-state index contributed by atoms with van der Waals surface area (Å²) in [5.74, 6) is -0.666. The zero-order chi connectivity index (χ0) is 15.4. The molecule has 1 aliphatic rings. The third-order valence-electron chi connectivity index (χ3n) is 3.30. The van der Waals surface area contributed by atoms with Crippen molar-refractivity contribution in [3.63, 3.8) is 0 Å². The number of morpholine rings is 1. The number of halogens is 1. The summed E-state index contributed by atoms with van der Waals surface area (Å²) < 4.78 is 18.4. The smallest absolute Gasteiger partial charge is 0.253 e. The van der Waals surface area contributed by atoms with Gasteiger partial charge in [-0.05, 0) is 24.3 Å². The molecule has 0 bridgehead atoms. The lowest BCUT2D eigenvalue weighted by Gasteiger charge is -2.33. The van der Waals surface area contributed by atoms with Crippen molar-refractivity contribution in [1.29, 1.82) is 0 Å². The Balaban J connectivity index is 1.97. The lowest BCUT2D eigenvalue weighted by molar-refractivity contribution is -0.130. The number of hydrogen-bond acceptors (Lipinski definition) is 3. The largest absolute Gasteiger partial charge is 0.365 e. The van der Waals surface area contributed by atoms with E-state index in [4.69, 9.17) is 4.74 Å². The van der Waals surface area contributed by atoms with Crippen LogP contribution >= 0.6 is 0 Å². The van der Waals surface area contributed by atoms with Crippen LogP contribution in [0.25, 0.3) is 0 Å². The molecule has 0 radical (unpaired) electrons. The Morgan fingerprint density at radius 2 is 2.10 bits per heavy atom. The Bertz CT molecular complexity index is 516. The van der Waals surface area contributed by atoms with Crippen LogP contribution in [-0.2, 0) is 14.3 Å². The molecule has 1 aliphatic heterocycles. The Morgan fingerprint density at radius 3 is 2.71 bits per heavy atom. The predicted octanol–water partition coefficient (Wildman–Crippen LogP) is 1.33. The van der Waals surface area contributed by atoms with E-state index in [-0.39, 0.29) is 36.3 Å². The number of benzene rings is 1. The van der Waals surface area contributed by atoms with Crippen molar-refractivity contribution in [2.45, 2.75) is 20.0 Å². The van der Waals surface area contributed by atoms with E-state index in [0.29, 0.717) is 18.8 Å². The van der Waals surface area contributed by atoms with Gasteiger partial charge in [0, 0.05) is 18.2 Å². The average molecular weight is 294 g/mol. The van der Waals surface area contributed by atoms with E-state index in [1.54, 1.807) is 17.0 Å². The number of carbonyl (C=O) groups is 2. The SMILES string of the molecule is CC(C)C(=O)NCC1CN(c2ccc(F)cc2)C(=O)CO1. The van der Waals surface area contributed by atoms with Gasteiger partial charge in [0.05, 0.1) is 12.6 Å². The molecule has 1 fully saturated rings. The van der Waals surface area contributed by atoms with Crippen molar-refractivity contribution in [2.24, 2.45) is 5.92 Å². The molecule has 1 aromatic rings. The van der Waals surface area contributed by atoms with Crippen molar-refractivity contribution < 1.29 is 18.7 Å². The number of nitrogens with one attached hydrogen (secondary N) is 1. The number of rotatable bonds is 4. The summed E-state index contributed by atoms with van der Waals surface area (Å²) in [7, 11) is 0. The Hall–Kier alpha value is -1.95. The highest BCUT2D eigenvalue weighted by Crippen LogP contribution is 2.18. The standard InChI is InChI=1S/C15H19FN2O3/c1-10(2)15(20)17-7-13-8-18(14(19)9-21-13)12-5-3-11(16)4-6-12/h3-6,10,13H,7-9H2,1-2H3,(H,17,20). The van der Waals surface area contributed by atoms with Crippen LogP contribution in [0.2, 0.25) is 0 Å². The van der Waals surface area contributed by atoms with Crippen molar-refractivity contribution in [3.8, 4) is 0 Å². The molecule has 5 nitrogen and oxygen atoms in total. The van der Waals surface area contributed by atoms with E-state index >= 15 is 0 Å². The molecule has 6 heteroatoms. The summed E-state index contributed by atoms with van der Waals surface area (Å²) in [6.07, 6.45) is -0.268. The number of nitrogens with zero attached hydrogens (tertiary/aromatic N) is 1. The summed E-state index contributed by atoms with van der Waals surface area (Å²) in [6, 6.07) is 5.74. The van der Waals surface area contributed by atoms with Crippen LogP contribution < -0.4 is 10.2 Å². The topological polar surface area (TPSA) is 58.6 Å². The van der Waals surface area contributed by atoms with Crippen molar-refractivity contribution in [1.82, 2.24) is 5.32 Å². The van der Waals surface area contributed by atoms with E-state index in [9.17, 15) is 14.0 Å². The molecule has 21 heavy (non-hydrogen) atoms. The third kappa shape index (κ3) is 4.01. The van der Waals surface area contributed by atoms with Crippen molar-refractivity contribution in [3.05, 3.63) is 30.1 Å². The highest BCUT2D eigenvalue weighted by Gasteiger charge is 2.27. The molecule has 2 amide bonds. The second kappa shape index (κ2) is 6.67. The van der Waals surface area contributed by atoms with Crippen molar-refractivity contribution in [2.75, 3.05) is 24.6 Å². The second-order valence-electron chi connectivity index (χ2n) is 5.31. The first-order valence-corrected chi connectivity index (χ1v) is 6.92. The zero-order valence-electron chi connectivity index (χ0n) is 12.1. The molecule has 1 atom stereocenters. The fraction of sp³-hybridized carbons (Fsp3) is 0.467. The molecule has 114 valence electrons. The molecule has 1 N–H and O–H groups in total. The molecule has 1 unspecified atom stereocenters. The maximum Gasteiger partial charge on any atom is 0.253 e. The number of ether oxygens (including phenoxy) is 1. The molecule has 0 saturated carbocycles. The number of amides is 2. The first kappa shape index (κ1) is 15.4. The normalized spacial score (nSPS) is 19.0. The maximum absolute atomic E-state index is 12.9. The molecule has 0 spiro atoms. The van der Waals surface area contributed by atoms with Gasteiger partial charge in [0.2, 0.25) is 5.91 Å². The van der Waals surface area contributed by atoms with Gasteiger partial charge >= 0.3 is 0 Å². The number of anilines is 1. The van der Waals surface area contributed by atoms with E-state index in [0.717, 1.165) is 0 Å². The van der Waals surface area contributed by atoms with Crippen LogP contribution in [0, 0.1) is 11.7 Å². The minimum absolute atomic E-state index is 0.0421. The summed E-state index contributed by atoms with van der Waals surface area (Å²) in [5.41, 5.74) is 0.630. The minimum Gasteiger partial charge on any atom is -0.365 e. The number of carbonyl (C=O) groups excluding carboxylic acids is 2. The van der Waals surface area contributed by atoms with Gasteiger partial charge in [0.15, 0.2) is 0 Å². The van der Waals surface area contributed by atoms with E-state index < -0.39 is 0 Å². The second-order valence-corrected chi connectivity index (χ2v) is 5.31.